The number of hydrogen-bond acceptors (Lipinski definition) is 4. The number of halogens is 1. The molecule has 1 fully saturated rings. The Morgan fingerprint density at radius 1 is 1.38 bits per heavy atom. The lowest BCUT2D eigenvalue weighted by atomic mass is 10.1. The molecule has 0 radical (unpaired) electrons. The number of carboxylic acids is 1. The molecule has 0 bridgehead atoms. The van der Waals surface area contributed by atoms with Gasteiger partial charge >= 0.3 is 5.97 Å². The van der Waals surface area contributed by atoms with Crippen molar-refractivity contribution in [2.75, 3.05) is 0 Å². The standard InChI is InChI=1S/C14H11ClN2O3S/c15-8-3-1-7(2-4-8)5-9-6-10(14(19)20)17-12(18)11(16)13(17)21-9/h1-6,11,13H,16H2,(H,19,20). The van der Waals surface area contributed by atoms with Crippen LogP contribution in [0, 0.1) is 0 Å². The number of nitrogens with zero attached hydrogens (tertiary/aromatic N) is 1. The second-order valence-electron chi connectivity index (χ2n) is 4.68. The Hall–Kier alpha value is -1.76. The minimum Gasteiger partial charge on any atom is -0.477 e. The summed E-state index contributed by atoms with van der Waals surface area (Å²) in [7, 11) is 0. The summed E-state index contributed by atoms with van der Waals surface area (Å²) >= 11 is 7.21. The monoisotopic (exact) mass is 322 g/mol. The van der Waals surface area contributed by atoms with Crippen LogP contribution >= 0.6 is 23.4 Å². The number of benzene rings is 1. The minimum absolute atomic E-state index is 0.0364. The molecule has 0 aromatic heterocycles. The van der Waals surface area contributed by atoms with Crippen molar-refractivity contribution >= 4 is 41.3 Å². The summed E-state index contributed by atoms with van der Waals surface area (Å²) in [5, 5.41) is 9.51. The molecule has 3 N–H and O–H groups in total. The number of fused-ring (bicyclic) bond motifs is 1. The average molecular weight is 323 g/mol. The van der Waals surface area contributed by atoms with Crippen molar-refractivity contribution in [3.8, 4) is 0 Å². The third-order valence-electron chi connectivity index (χ3n) is 3.28. The first-order valence-corrected chi connectivity index (χ1v) is 7.41. The first-order chi connectivity index (χ1) is 9.97. The highest BCUT2D eigenvalue weighted by atomic mass is 35.5. The van der Waals surface area contributed by atoms with Crippen LogP contribution in [0.4, 0.5) is 0 Å². The Morgan fingerprint density at radius 3 is 2.67 bits per heavy atom. The SMILES string of the molecule is NC1C(=O)N2C(C(=O)O)=CC(=Cc3ccc(Cl)cc3)SC12. The number of allylic oxidation sites excluding steroid dienone is 1. The van der Waals surface area contributed by atoms with Gasteiger partial charge in [0.15, 0.2) is 0 Å². The van der Waals surface area contributed by atoms with Crippen molar-refractivity contribution in [2.45, 2.75) is 11.4 Å². The zero-order valence-corrected chi connectivity index (χ0v) is 12.3. The van der Waals surface area contributed by atoms with Crippen LogP contribution < -0.4 is 5.73 Å². The van der Waals surface area contributed by atoms with E-state index in [1.807, 2.05) is 18.2 Å². The minimum atomic E-state index is -1.14. The molecule has 1 aromatic rings. The van der Waals surface area contributed by atoms with Gasteiger partial charge < -0.3 is 10.8 Å². The summed E-state index contributed by atoms with van der Waals surface area (Å²) < 4.78 is 0. The van der Waals surface area contributed by atoms with Crippen LogP contribution in [0.2, 0.25) is 5.02 Å². The molecule has 2 aliphatic heterocycles. The van der Waals surface area contributed by atoms with Gasteiger partial charge in [-0.15, -0.1) is 0 Å². The highest BCUT2D eigenvalue weighted by Gasteiger charge is 2.51. The topological polar surface area (TPSA) is 83.6 Å². The maximum absolute atomic E-state index is 11.7. The van der Waals surface area contributed by atoms with E-state index in [9.17, 15) is 14.7 Å². The Kier molecular flexibility index (Phi) is 3.52. The van der Waals surface area contributed by atoms with Gasteiger partial charge in [-0.25, -0.2) is 4.79 Å². The van der Waals surface area contributed by atoms with Crippen LogP contribution in [0.1, 0.15) is 5.56 Å². The van der Waals surface area contributed by atoms with E-state index in [2.05, 4.69) is 0 Å². The lowest BCUT2D eigenvalue weighted by Gasteiger charge is -2.47. The number of thioether (sulfide) groups is 1. The number of rotatable bonds is 2. The van der Waals surface area contributed by atoms with Gasteiger partial charge in [0.25, 0.3) is 0 Å². The first-order valence-electron chi connectivity index (χ1n) is 6.15. The molecule has 5 nitrogen and oxygen atoms in total. The second-order valence-corrected chi connectivity index (χ2v) is 6.30. The number of aliphatic carboxylic acids is 1. The number of carbonyl (C=O) groups excluding carboxylic acids is 1. The van der Waals surface area contributed by atoms with E-state index in [-0.39, 0.29) is 17.0 Å². The van der Waals surface area contributed by atoms with Crippen LogP contribution in [-0.4, -0.2) is 33.3 Å². The molecule has 0 saturated carbocycles. The predicted octanol–water partition coefficient (Wildman–Crippen LogP) is 1.89. The number of β-lactam (4-membered cyclic amide) rings is 1. The molecular weight excluding hydrogens is 312 g/mol. The van der Waals surface area contributed by atoms with E-state index in [1.54, 1.807) is 12.1 Å². The molecule has 108 valence electrons. The first kappa shape index (κ1) is 14.2. The summed E-state index contributed by atoms with van der Waals surface area (Å²) in [4.78, 5) is 24.9. The van der Waals surface area contributed by atoms with Crippen molar-refractivity contribution in [1.29, 1.82) is 0 Å². The molecule has 21 heavy (non-hydrogen) atoms. The quantitative estimate of drug-likeness (QED) is 0.812. The van der Waals surface area contributed by atoms with Gasteiger partial charge in [-0.2, -0.15) is 0 Å². The van der Waals surface area contributed by atoms with E-state index >= 15 is 0 Å². The van der Waals surface area contributed by atoms with Crippen LogP contribution in [0.5, 0.6) is 0 Å². The van der Waals surface area contributed by atoms with Gasteiger partial charge in [0.1, 0.15) is 17.1 Å². The smallest absolute Gasteiger partial charge is 0.352 e. The van der Waals surface area contributed by atoms with Crippen LogP contribution in [0.15, 0.2) is 40.9 Å². The normalized spacial score (nSPS) is 26.2. The maximum atomic E-state index is 11.7. The van der Waals surface area contributed by atoms with Crippen LogP contribution in [0.3, 0.4) is 0 Å². The van der Waals surface area contributed by atoms with E-state index in [0.29, 0.717) is 5.02 Å². The summed E-state index contributed by atoms with van der Waals surface area (Å²) in [6.45, 7) is 0. The summed E-state index contributed by atoms with van der Waals surface area (Å²) in [5.74, 6) is -1.49. The van der Waals surface area contributed by atoms with Gasteiger partial charge in [-0.3, -0.25) is 9.69 Å². The van der Waals surface area contributed by atoms with E-state index in [0.717, 1.165) is 10.5 Å². The zero-order chi connectivity index (χ0) is 15.1. The lowest BCUT2D eigenvalue weighted by Crippen LogP contribution is -2.67. The van der Waals surface area contributed by atoms with Crippen molar-refractivity contribution in [3.63, 3.8) is 0 Å². The third-order valence-corrected chi connectivity index (χ3v) is 4.78. The van der Waals surface area contributed by atoms with Gasteiger partial charge in [0.2, 0.25) is 5.91 Å². The molecule has 2 unspecified atom stereocenters. The molecule has 2 aliphatic rings. The molecule has 3 rings (SSSR count). The van der Waals surface area contributed by atoms with Crippen LogP contribution in [0.25, 0.3) is 6.08 Å². The molecule has 0 aliphatic carbocycles. The predicted molar refractivity (Wildman–Crippen MR) is 81.3 cm³/mol. The Balaban J connectivity index is 1.96. The fraction of sp³-hybridized carbons (Fsp3) is 0.143. The van der Waals surface area contributed by atoms with E-state index in [4.69, 9.17) is 17.3 Å². The molecule has 7 heteroatoms. The van der Waals surface area contributed by atoms with Crippen molar-refractivity contribution in [2.24, 2.45) is 5.73 Å². The molecule has 1 amide bonds. The number of carboxylic acid groups (broad SMARTS) is 1. The van der Waals surface area contributed by atoms with Crippen molar-refractivity contribution in [3.05, 3.63) is 51.5 Å². The summed E-state index contributed by atoms with van der Waals surface area (Å²) in [5.41, 5.74) is 6.60. The van der Waals surface area contributed by atoms with Gasteiger partial charge in [0, 0.05) is 9.93 Å². The average Bonchev–Trinajstić information content (AvgIpc) is 2.48. The van der Waals surface area contributed by atoms with E-state index < -0.39 is 12.0 Å². The van der Waals surface area contributed by atoms with Crippen molar-refractivity contribution < 1.29 is 14.7 Å². The fourth-order valence-corrected chi connectivity index (χ4v) is 3.58. The third kappa shape index (κ3) is 2.46. The number of hydrogen-bond donors (Lipinski definition) is 2. The van der Waals surface area contributed by atoms with Gasteiger partial charge in [0.05, 0.1) is 0 Å². The number of nitrogens with two attached hydrogens (primary N) is 1. The molecule has 2 atom stereocenters. The molecule has 1 saturated heterocycles. The highest BCUT2D eigenvalue weighted by molar-refractivity contribution is 8.04. The molecule has 1 aromatic carbocycles. The van der Waals surface area contributed by atoms with Gasteiger partial charge in [-0.05, 0) is 29.8 Å². The lowest BCUT2D eigenvalue weighted by molar-refractivity contribution is -0.147. The summed E-state index contributed by atoms with van der Waals surface area (Å²) in [6.07, 6.45) is 3.33. The number of amides is 1. The fourth-order valence-electron chi connectivity index (χ4n) is 2.21. The van der Waals surface area contributed by atoms with Crippen molar-refractivity contribution in [1.82, 2.24) is 4.90 Å². The second kappa shape index (κ2) is 5.22. The molecular formula is C14H11ClN2O3S. The Labute approximate surface area is 130 Å². The van der Waals surface area contributed by atoms with Crippen LogP contribution in [-0.2, 0) is 9.59 Å². The Bertz CT molecular complexity index is 684. The molecule has 0 spiro atoms. The Morgan fingerprint density at radius 2 is 2.05 bits per heavy atom. The number of carbonyl (C=O) groups is 2. The highest BCUT2D eigenvalue weighted by Crippen LogP contribution is 2.42. The largest absolute Gasteiger partial charge is 0.477 e. The molecule has 2 heterocycles. The zero-order valence-electron chi connectivity index (χ0n) is 10.7. The van der Waals surface area contributed by atoms with Gasteiger partial charge in [-0.1, -0.05) is 35.5 Å². The van der Waals surface area contributed by atoms with E-state index in [1.165, 1.54) is 22.7 Å². The summed E-state index contributed by atoms with van der Waals surface area (Å²) in [6, 6.07) is 6.53. The maximum Gasteiger partial charge on any atom is 0.352 e.